The van der Waals surface area contributed by atoms with Crippen LogP contribution in [-0.2, 0) is 4.79 Å². The number of piperidine rings is 1. The van der Waals surface area contributed by atoms with Crippen molar-refractivity contribution < 1.29 is 9.72 Å². The van der Waals surface area contributed by atoms with Crippen molar-refractivity contribution >= 4 is 23.0 Å². The van der Waals surface area contributed by atoms with Gasteiger partial charge in [-0.3, -0.25) is 14.9 Å². The number of nitro benzene ring substituents is 1. The Labute approximate surface area is 123 Å². The largest absolute Gasteiger partial charge is 0.388 e. The van der Waals surface area contributed by atoms with Crippen LogP contribution in [0.5, 0.6) is 0 Å². The van der Waals surface area contributed by atoms with E-state index in [1.165, 1.54) is 18.6 Å². The van der Waals surface area contributed by atoms with Gasteiger partial charge in [-0.25, -0.2) is 0 Å². The lowest BCUT2D eigenvalue weighted by Crippen LogP contribution is -2.39. The lowest BCUT2D eigenvalue weighted by molar-refractivity contribution is -0.384. The van der Waals surface area contributed by atoms with Crippen LogP contribution in [-0.4, -0.2) is 42.4 Å². The summed E-state index contributed by atoms with van der Waals surface area (Å²) in [5.74, 6) is 0.0345. The average molecular weight is 292 g/mol. The van der Waals surface area contributed by atoms with E-state index in [2.05, 4.69) is 10.6 Å². The van der Waals surface area contributed by atoms with Gasteiger partial charge in [0.2, 0.25) is 5.91 Å². The van der Waals surface area contributed by atoms with Crippen molar-refractivity contribution in [3.8, 4) is 0 Å². The fourth-order valence-corrected chi connectivity index (χ4v) is 2.40. The molecule has 0 aliphatic carbocycles. The van der Waals surface area contributed by atoms with Gasteiger partial charge in [0.25, 0.3) is 5.69 Å². The van der Waals surface area contributed by atoms with Crippen LogP contribution in [0.2, 0.25) is 0 Å². The molecule has 0 unspecified atom stereocenters. The van der Waals surface area contributed by atoms with Gasteiger partial charge in [-0.1, -0.05) is 0 Å². The second-order valence-electron chi connectivity index (χ2n) is 5.07. The summed E-state index contributed by atoms with van der Waals surface area (Å²) in [6.07, 6.45) is 3.27. The van der Waals surface area contributed by atoms with Gasteiger partial charge in [0.15, 0.2) is 0 Å². The molecule has 1 fully saturated rings. The van der Waals surface area contributed by atoms with Crippen molar-refractivity contribution in [3.63, 3.8) is 0 Å². The minimum atomic E-state index is -0.446. The van der Waals surface area contributed by atoms with Crippen LogP contribution < -0.4 is 10.6 Å². The number of hydrogen-bond acceptors (Lipinski definition) is 5. The number of benzene rings is 1. The number of anilines is 2. The number of likely N-dealkylation sites (tertiary alicyclic amines) is 1. The highest BCUT2D eigenvalue weighted by Gasteiger charge is 2.16. The zero-order valence-electron chi connectivity index (χ0n) is 12.1. The molecule has 0 bridgehead atoms. The Hall–Kier alpha value is -2.31. The molecular formula is C14H20N4O3. The summed E-state index contributed by atoms with van der Waals surface area (Å²) in [4.78, 5) is 24.3. The predicted octanol–water partition coefficient (Wildman–Crippen LogP) is 2.06. The van der Waals surface area contributed by atoms with Crippen LogP contribution in [0.3, 0.4) is 0 Å². The molecule has 2 N–H and O–H groups in total. The van der Waals surface area contributed by atoms with E-state index in [0.717, 1.165) is 25.9 Å². The molecule has 0 spiro atoms. The summed E-state index contributed by atoms with van der Waals surface area (Å²) in [6, 6.07) is 4.64. The number of hydrogen-bond donors (Lipinski definition) is 2. The lowest BCUT2D eigenvalue weighted by Gasteiger charge is -2.26. The third kappa shape index (κ3) is 4.08. The maximum absolute atomic E-state index is 12.1. The van der Waals surface area contributed by atoms with Crippen LogP contribution in [0.1, 0.15) is 19.3 Å². The lowest BCUT2D eigenvalue weighted by atomic mass is 10.1. The Kier molecular flexibility index (Phi) is 4.97. The summed E-state index contributed by atoms with van der Waals surface area (Å²) in [7, 11) is 1.70. The van der Waals surface area contributed by atoms with Gasteiger partial charge in [0.1, 0.15) is 0 Å². The second kappa shape index (κ2) is 6.92. The molecule has 1 amide bonds. The number of carbonyl (C=O) groups excluding carboxylic acids is 1. The normalized spacial score (nSPS) is 14.6. The molecule has 0 radical (unpaired) electrons. The van der Waals surface area contributed by atoms with Crippen molar-refractivity contribution in [2.45, 2.75) is 19.3 Å². The maximum atomic E-state index is 12.1. The second-order valence-corrected chi connectivity index (χ2v) is 5.07. The van der Waals surface area contributed by atoms with Gasteiger partial charge in [-0.2, -0.15) is 0 Å². The monoisotopic (exact) mass is 292 g/mol. The minimum absolute atomic E-state index is 0.00484. The zero-order chi connectivity index (χ0) is 15.2. The minimum Gasteiger partial charge on any atom is -0.388 e. The average Bonchev–Trinajstić information content (AvgIpc) is 2.53. The standard InChI is InChI=1S/C14H20N4O3/c1-15-11-7-12(9-13(8-11)18(20)21)16-10-14(19)17-5-3-2-4-6-17/h7-9,15-16H,2-6,10H2,1H3. The number of carbonyl (C=O) groups is 1. The molecule has 1 aromatic rings. The molecule has 7 heteroatoms. The molecular weight excluding hydrogens is 272 g/mol. The van der Waals surface area contributed by atoms with Gasteiger partial charge in [-0.15, -0.1) is 0 Å². The molecule has 1 aliphatic rings. The SMILES string of the molecule is CNc1cc(NCC(=O)N2CCCCC2)cc([N+](=O)[O-])c1. The van der Waals surface area contributed by atoms with Crippen LogP contribution >= 0.6 is 0 Å². The highest BCUT2D eigenvalue weighted by atomic mass is 16.6. The summed E-state index contributed by atoms with van der Waals surface area (Å²) >= 11 is 0. The first kappa shape index (κ1) is 15.1. The van der Waals surface area contributed by atoms with Crippen LogP contribution in [0.15, 0.2) is 18.2 Å². The quantitative estimate of drug-likeness (QED) is 0.640. The predicted molar refractivity (Wildman–Crippen MR) is 81.6 cm³/mol. The van der Waals surface area contributed by atoms with Crippen LogP contribution in [0, 0.1) is 10.1 Å². The topological polar surface area (TPSA) is 87.5 Å². The highest BCUT2D eigenvalue weighted by Crippen LogP contribution is 2.24. The van der Waals surface area contributed by atoms with E-state index in [0.29, 0.717) is 11.4 Å². The number of nitrogens with zero attached hydrogens (tertiary/aromatic N) is 2. The van der Waals surface area contributed by atoms with E-state index in [-0.39, 0.29) is 18.1 Å². The van der Waals surface area contributed by atoms with E-state index in [4.69, 9.17) is 0 Å². The van der Waals surface area contributed by atoms with E-state index >= 15 is 0 Å². The summed E-state index contributed by atoms with van der Waals surface area (Å²) in [5.41, 5.74) is 1.20. The van der Waals surface area contributed by atoms with E-state index < -0.39 is 4.92 Å². The van der Waals surface area contributed by atoms with Gasteiger partial charge in [0.05, 0.1) is 11.5 Å². The first-order chi connectivity index (χ1) is 10.1. The van der Waals surface area contributed by atoms with Crippen LogP contribution in [0.4, 0.5) is 17.1 Å². The first-order valence-corrected chi connectivity index (χ1v) is 7.09. The van der Waals surface area contributed by atoms with Crippen molar-refractivity contribution in [2.75, 3.05) is 37.3 Å². The number of non-ortho nitro benzene ring substituents is 1. The van der Waals surface area contributed by atoms with Crippen molar-refractivity contribution in [2.24, 2.45) is 0 Å². The molecule has 0 saturated carbocycles. The number of rotatable bonds is 5. The Morgan fingerprint density at radius 3 is 2.52 bits per heavy atom. The molecule has 21 heavy (non-hydrogen) atoms. The van der Waals surface area contributed by atoms with Crippen LogP contribution in [0.25, 0.3) is 0 Å². The molecule has 114 valence electrons. The zero-order valence-corrected chi connectivity index (χ0v) is 12.1. The van der Waals surface area contributed by atoms with Gasteiger partial charge >= 0.3 is 0 Å². The Morgan fingerprint density at radius 2 is 1.90 bits per heavy atom. The van der Waals surface area contributed by atoms with Crippen molar-refractivity contribution in [3.05, 3.63) is 28.3 Å². The Balaban J connectivity index is 2.00. The molecule has 1 saturated heterocycles. The number of amides is 1. The Bertz CT molecular complexity index is 527. The molecule has 1 aromatic carbocycles. The third-order valence-corrected chi connectivity index (χ3v) is 3.57. The number of nitrogens with one attached hydrogen (secondary N) is 2. The fourth-order valence-electron chi connectivity index (χ4n) is 2.40. The van der Waals surface area contributed by atoms with Gasteiger partial charge in [-0.05, 0) is 25.3 Å². The summed E-state index contributed by atoms with van der Waals surface area (Å²) in [5, 5.41) is 16.7. The Morgan fingerprint density at radius 1 is 1.24 bits per heavy atom. The van der Waals surface area contributed by atoms with E-state index in [1.807, 2.05) is 4.90 Å². The molecule has 2 rings (SSSR count). The maximum Gasteiger partial charge on any atom is 0.273 e. The smallest absolute Gasteiger partial charge is 0.273 e. The van der Waals surface area contributed by atoms with E-state index in [1.54, 1.807) is 13.1 Å². The van der Waals surface area contributed by atoms with E-state index in [9.17, 15) is 14.9 Å². The van der Waals surface area contributed by atoms with Crippen molar-refractivity contribution in [1.29, 1.82) is 0 Å². The van der Waals surface area contributed by atoms with Gasteiger partial charge in [0, 0.05) is 43.6 Å². The third-order valence-electron chi connectivity index (χ3n) is 3.57. The van der Waals surface area contributed by atoms with Crippen molar-refractivity contribution in [1.82, 2.24) is 4.90 Å². The molecule has 1 heterocycles. The number of nitro groups is 1. The molecule has 1 aliphatic heterocycles. The molecule has 0 atom stereocenters. The van der Waals surface area contributed by atoms with Gasteiger partial charge < -0.3 is 15.5 Å². The summed E-state index contributed by atoms with van der Waals surface area (Å²) < 4.78 is 0. The molecule has 7 nitrogen and oxygen atoms in total. The molecule has 0 aromatic heterocycles. The first-order valence-electron chi connectivity index (χ1n) is 7.09. The fraction of sp³-hybridized carbons (Fsp3) is 0.500. The summed E-state index contributed by atoms with van der Waals surface area (Å²) in [6.45, 7) is 1.76. The highest BCUT2D eigenvalue weighted by molar-refractivity contribution is 5.81.